The minimum Gasteiger partial charge on any atom is -0.508 e. The molecular weight excluding hydrogens is 248 g/mol. The van der Waals surface area contributed by atoms with Gasteiger partial charge in [-0.15, -0.1) is 0 Å². The number of aromatic amines is 1. The Bertz CT molecular complexity index is 633. The first-order chi connectivity index (χ1) is 8.97. The smallest absolute Gasteiger partial charge is 0.323 e. The Balaban J connectivity index is 2.19. The van der Waals surface area contributed by atoms with E-state index in [1.54, 1.807) is 24.4 Å². The number of aromatic nitrogens is 1. The molecule has 6 heteroatoms. The second kappa shape index (κ2) is 5.01. The molecule has 0 saturated heterocycles. The third-order valence-corrected chi connectivity index (χ3v) is 2.89. The van der Waals surface area contributed by atoms with Crippen LogP contribution in [-0.4, -0.2) is 45.6 Å². The number of carboxylic acids is 1. The van der Waals surface area contributed by atoms with Crippen molar-refractivity contribution in [3.63, 3.8) is 0 Å². The first-order valence-corrected chi connectivity index (χ1v) is 5.72. The zero-order chi connectivity index (χ0) is 14.0. The van der Waals surface area contributed by atoms with Gasteiger partial charge in [-0.25, -0.2) is 0 Å². The standard InChI is InChI=1S/C13H14N2O4/c1-15(7-13(18)19)12(17)4-8-6-14-11-3-2-9(16)5-10(8)11/h2-3,5-6,14,16H,4,7H2,1H3,(H,18,19). The number of H-pyrrole nitrogens is 1. The molecule has 0 aliphatic heterocycles. The van der Waals surface area contributed by atoms with Crippen LogP contribution in [0.3, 0.4) is 0 Å². The number of carbonyl (C=O) groups excluding carboxylic acids is 1. The van der Waals surface area contributed by atoms with Gasteiger partial charge in [-0.1, -0.05) is 0 Å². The predicted octanol–water partition coefficient (Wildman–Crippen LogP) is 0.959. The Morgan fingerprint density at radius 1 is 1.37 bits per heavy atom. The van der Waals surface area contributed by atoms with Crippen LogP contribution in [0.5, 0.6) is 5.75 Å². The van der Waals surface area contributed by atoms with Gasteiger partial charge in [0.15, 0.2) is 0 Å². The molecule has 0 aliphatic rings. The number of hydrogen-bond donors (Lipinski definition) is 3. The van der Waals surface area contributed by atoms with Crippen LogP contribution in [0.1, 0.15) is 5.56 Å². The number of nitrogens with one attached hydrogen (secondary N) is 1. The molecule has 1 aromatic carbocycles. The lowest BCUT2D eigenvalue weighted by molar-refractivity contribution is -0.143. The van der Waals surface area contributed by atoms with Crippen LogP contribution in [0.4, 0.5) is 0 Å². The van der Waals surface area contributed by atoms with E-state index >= 15 is 0 Å². The molecule has 0 unspecified atom stereocenters. The zero-order valence-corrected chi connectivity index (χ0v) is 10.4. The Morgan fingerprint density at radius 2 is 2.11 bits per heavy atom. The van der Waals surface area contributed by atoms with Crippen molar-refractivity contribution in [1.29, 1.82) is 0 Å². The maximum atomic E-state index is 11.9. The molecule has 2 aromatic rings. The normalized spacial score (nSPS) is 10.6. The van der Waals surface area contributed by atoms with E-state index in [9.17, 15) is 14.7 Å². The van der Waals surface area contributed by atoms with Gasteiger partial charge in [0.25, 0.3) is 0 Å². The maximum absolute atomic E-state index is 11.9. The van der Waals surface area contributed by atoms with Crippen molar-refractivity contribution < 1.29 is 19.8 Å². The first-order valence-electron chi connectivity index (χ1n) is 5.72. The van der Waals surface area contributed by atoms with Crippen molar-refractivity contribution in [1.82, 2.24) is 9.88 Å². The second-order valence-electron chi connectivity index (χ2n) is 4.36. The van der Waals surface area contributed by atoms with E-state index in [4.69, 9.17) is 5.11 Å². The lowest BCUT2D eigenvalue weighted by Gasteiger charge is -2.13. The molecule has 6 nitrogen and oxygen atoms in total. The van der Waals surface area contributed by atoms with Crippen LogP contribution in [0, 0.1) is 0 Å². The largest absolute Gasteiger partial charge is 0.508 e. The van der Waals surface area contributed by atoms with Gasteiger partial charge in [0.05, 0.1) is 6.42 Å². The van der Waals surface area contributed by atoms with Gasteiger partial charge in [0.2, 0.25) is 5.91 Å². The second-order valence-corrected chi connectivity index (χ2v) is 4.36. The van der Waals surface area contributed by atoms with Gasteiger partial charge >= 0.3 is 5.97 Å². The Kier molecular flexibility index (Phi) is 3.41. The number of benzene rings is 1. The van der Waals surface area contributed by atoms with E-state index < -0.39 is 5.97 Å². The van der Waals surface area contributed by atoms with Crippen LogP contribution < -0.4 is 0 Å². The van der Waals surface area contributed by atoms with E-state index in [1.807, 2.05) is 0 Å². The van der Waals surface area contributed by atoms with Gasteiger partial charge in [0.1, 0.15) is 12.3 Å². The highest BCUT2D eigenvalue weighted by Crippen LogP contribution is 2.23. The Hall–Kier alpha value is -2.50. The minimum atomic E-state index is -1.05. The van der Waals surface area contributed by atoms with Crippen LogP contribution in [0.2, 0.25) is 0 Å². The van der Waals surface area contributed by atoms with Crippen LogP contribution in [0.25, 0.3) is 10.9 Å². The number of phenolic OH excluding ortho intramolecular Hbond substituents is 1. The summed E-state index contributed by atoms with van der Waals surface area (Å²) in [4.78, 5) is 26.6. The highest BCUT2D eigenvalue weighted by atomic mass is 16.4. The summed E-state index contributed by atoms with van der Waals surface area (Å²) in [5.41, 5.74) is 1.55. The lowest BCUT2D eigenvalue weighted by atomic mass is 10.1. The molecule has 0 spiro atoms. The number of aromatic hydroxyl groups is 1. The average Bonchev–Trinajstić information content (AvgIpc) is 2.71. The van der Waals surface area contributed by atoms with Gasteiger partial charge in [-0.3, -0.25) is 9.59 Å². The number of aliphatic carboxylic acids is 1. The molecule has 100 valence electrons. The number of rotatable bonds is 4. The topological polar surface area (TPSA) is 93.6 Å². The molecule has 1 aromatic heterocycles. The molecule has 1 amide bonds. The third kappa shape index (κ3) is 2.85. The molecule has 0 aliphatic carbocycles. The van der Waals surface area contributed by atoms with Crippen LogP contribution in [0.15, 0.2) is 24.4 Å². The summed E-state index contributed by atoms with van der Waals surface area (Å²) in [5.74, 6) is -1.21. The number of carboxylic acid groups (broad SMARTS) is 1. The van der Waals surface area contributed by atoms with Crippen molar-refractivity contribution in [3.8, 4) is 5.75 Å². The number of hydrogen-bond acceptors (Lipinski definition) is 3. The predicted molar refractivity (Wildman–Crippen MR) is 68.9 cm³/mol. The van der Waals surface area contributed by atoms with Gasteiger partial charge < -0.3 is 20.1 Å². The molecule has 0 atom stereocenters. The number of amides is 1. The quantitative estimate of drug-likeness (QED) is 0.765. The Morgan fingerprint density at radius 3 is 2.79 bits per heavy atom. The van der Waals surface area contributed by atoms with Crippen LogP contribution in [-0.2, 0) is 16.0 Å². The highest BCUT2D eigenvalue weighted by molar-refractivity contribution is 5.90. The summed E-state index contributed by atoms with van der Waals surface area (Å²) >= 11 is 0. The maximum Gasteiger partial charge on any atom is 0.323 e. The molecular formula is C13H14N2O4. The van der Waals surface area contributed by atoms with Gasteiger partial charge in [-0.05, 0) is 23.8 Å². The number of likely N-dealkylation sites (N-methyl/N-ethyl adjacent to an activating group) is 1. The summed E-state index contributed by atoms with van der Waals surface area (Å²) in [6.45, 7) is -0.327. The Labute approximate surface area is 109 Å². The fourth-order valence-electron chi connectivity index (χ4n) is 1.90. The molecule has 2 rings (SSSR count). The van der Waals surface area contributed by atoms with Crippen molar-refractivity contribution in [3.05, 3.63) is 30.0 Å². The van der Waals surface area contributed by atoms with Crippen molar-refractivity contribution >= 4 is 22.8 Å². The lowest BCUT2D eigenvalue weighted by Crippen LogP contribution is -2.32. The van der Waals surface area contributed by atoms with Crippen molar-refractivity contribution in [2.75, 3.05) is 13.6 Å². The molecule has 0 saturated carbocycles. The number of fused-ring (bicyclic) bond motifs is 1. The van der Waals surface area contributed by atoms with Crippen LogP contribution >= 0.6 is 0 Å². The van der Waals surface area contributed by atoms with Crippen molar-refractivity contribution in [2.45, 2.75) is 6.42 Å². The first kappa shape index (κ1) is 12.9. The molecule has 1 heterocycles. The van der Waals surface area contributed by atoms with E-state index in [0.717, 1.165) is 21.4 Å². The zero-order valence-electron chi connectivity index (χ0n) is 10.4. The van der Waals surface area contributed by atoms with E-state index in [1.165, 1.54) is 7.05 Å². The molecule has 3 N–H and O–H groups in total. The number of nitrogens with zero attached hydrogens (tertiary/aromatic N) is 1. The number of phenols is 1. The summed E-state index contributed by atoms with van der Waals surface area (Å²) < 4.78 is 0. The third-order valence-electron chi connectivity index (χ3n) is 2.89. The highest BCUT2D eigenvalue weighted by Gasteiger charge is 2.15. The van der Waals surface area contributed by atoms with E-state index in [2.05, 4.69) is 4.98 Å². The summed E-state index contributed by atoms with van der Waals surface area (Å²) in [6, 6.07) is 4.85. The summed E-state index contributed by atoms with van der Waals surface area (Å²) in [7, 11) is 1.45. The monoisotopic (exact) mass is 262 g/mol. The van der Waals surface area contributed by atoms with Gasteiger partial charge in [0, 0.05) is 24.1 Å². The minimum absolute atomic E-state index is 0.0905. The summed E-state index contributed by atoms with van der Waals surface area (Å²) in [5, 5.41) is 18.8. The van der Waals surface area contributed by atoms with E-state index in [-0.39, 0.29) is 24.6 Å². The van der Waals surface area contributed by atoms with Crippen molar-refractivity contribution in [2.24, 2.45) is 0 Å². The summed E-state index contributed by atoms with van der Waals surface area (Å²) in [6.07, 6.45) is 1.78. The molecule has 0 radical (unpaired) electrons. The van der Waals surface area contributed by atoms with Gasteiger partial charge in [-0.2, -0.15) is 0 Å². The average molecular weight is 262 g/mol. The SMILES string of the molecule is CN(CC(=O)O)C(=O)Cc1c[nH]c2ccc(O)cc12. The fourth-order valence-corrected chi connectivity index (χ4v) is 1.90. The molecule has 0 fully saturated rings. The van der Waals surface area contributed by atoms with E-state index in [0.29, 0.717) is 0 Å². The molecule has 19 heavy (non-hydrogen) atoms. The fraction of sp³-hybridized carbons (Fsp3) is 0.231. The molecule has 0 bridgehead atoms. The number of carbonyl (C=O) groups is 2.